The van der Waals surface area contributed by atoms with Gasteiger partial charge in [-0.25, -0.2) is 12.8 Å². The van der Waals surface area contributed by atoms with Crippen molar-refractivity contribution in [2.45, 2.75) is 38.3 Å². The summed E-state index contributed by atoms with van der Waals surface area (Å²) < 4.78 is 40.4. The molecule has 0 saturated carbocycles. The molecule has 0 fully saturated rings. The standard InChI is InChI=1S/C19H22FN3O4S/c1-12-10-15(4-9-18(12)20)11-21-19(25)13(2)23-28(26,27)17-7-5-16(6-8-17)22-14(3)24/h4-10,13,23H,11H2,1-3H3,(H,21,25)(H,22,24)/t13-/m0/s1. The van der Waals surface area contributed by atoms with Gasteiger partial charge in [-0.3, -0.25) is 9.59 Å². The fourth-order valence-corrected chi connectivity index (χ4v) is 3.64. The lowest BCUT2D eigenvalue weighted by Gasteiger charge is -2.15. The smallest absolute Gasteiger partial charge is 0.241 e. The van der Waals surface area contributed by atoms with Gasteiger partial charge in [0, 0.05) is 19.2 Å². The molecule has 1 atom stereocenters. The molecule has 0 unspecified atom stereocenters. The quantitative estimate of drug-likeness (QED) is 0.654. The molecule has 0 aromatic heterocycles. The molecule has 0 radical (unpaired) electrons. The molecule has 0 aliphatic rings. The summed E-state index contributed by atoms with van der Waals surface area (Å²) in [6.45, 7) is 4.54. The number of halogens is 1. The predicted octanol–water partition coefficient (Wildman–Crippen LogP) is 2.08. The summed E-state index contributed by atoms with van der Waals surface area (Å²) in [7, 11) is -3.92. The number of nitrogens with one attached hydrogen (secondary N) is 3. The zero-order valence-corrected chi connectivity index (χ0v) is 16.6. The maximum atomic E-state index is 13.3. The Morgan fingerprint density at radius 1 is 1.11 bits per heavy atom. The van der Waals surface area contributed by atoms with Crippen LogP contribution in [0.15, 0.2) is 47.4 Å². The molecule has 0 aliphatic heterocycles. The summed E-state index contributed by atoms with van der Waals surface area (Å²) in [4.78, 5) is 23.2. The van der Waals surface area contributed by atoms with E-state index in [9.17, 15) is 22.4 Å². The van der Waals surface area contributed by atoms with Crippen molar-refractivity contribution in [3.05, 3.63) is 59.4 Å². The molecule has 0 heterocycles. The molecule has 0 saturated heterocycles. The number of amides is 2. The van der Waals surface area contributed by atoms with Crippen LogP contribution in [0.4, 0.5) is 10.1 Å². The van der Waals surface area contributed by atoms with E-state index >= 15 is 0 Å². The molecule has 0 aliphatic carbocycles. The fraction of sp³-hybridized carbons (Fsp3) is 0.263. The zero-order valence-electron chi connectivity index (χ0n) is 15.7. The number of aryl methyl sites for hydroxylation is 1. The van der Waals surface area contributed by atoms with Crippen LogP contribution >= 0.6 is 0 Å². The first-order chi connectivity index (χ1) is 13.1. The van der Waals surface area contributed by atoms with Crippen molar-refractivity contribution < 1.29 is 22.4 Å². The van der Waals surface area contributed by atoms with Gasteiger partial charge in [0.05, 0.1) is 10.9 Å². The highest BCUT2D eigenvalue weighted by atomic mass is 32.2. The van der Waals surface area contributed by atoms with E-state index < -0.39 is 22.0 Å². The van der Waals surface area contributed by atoms with E-state index in [-0.39, 0.29) is 23.2 Å². The molecular formula is C19H22FN3O4S. The van der Waals surface area contributed by atoms with Crippen molar-refractivity contribution in [1.29, 1.82) is 0 Å². The SMILES string of the molecule is CC(=O)Nc1ccc(S(=O)(=O)N[C@@H](C)C(=O)NCc2ccc(F)c(C)c2)cc1. The number of hydrogen-bond donors (Lipinski definition) is 3. The maximum Gasteiger partial charge on any atom is 0.241 e. The zero-order chi connectivity index (χ0) is 20.9. The lowest BCUT2D eigenvalue weighted by atomic mass is 10.1. The van der Waals surface area contributed by atoms with E-state index in [1.54, 1.807) is 19.1 Å². The van der Waals surface area contributed by atoms with Crippen LogP contribution in [-0.4, -0.2) is 26.3 Å². The van der Waals surface area contributed by atoms with E-state index in [1.165, 1.54) is 44.2 Å². The third kappa shape index (κ3) is 5.86. The minimum absolute atomic E-state index is 0.0320. The molecule has 28 heavy (non-hydrogen) atoms. The largest absolute Gasteiger partial charge is 0.351 e. The Labute approximate surface area is 163 Å². The Bertz CT molecular complexity index is 975. The van der Waals surface area contributed by atoms with Crippen LogP contribution < -0.4 is 15.4 Å². The third-order valence-electron chi connectivity index (χ3n) is 3.90. The van der Waals surface area contributed by atoms with Crippen molar-refractivity contribution in [2.24, 2.45) is 0 Å². The lowest BCUT2D eigenvalue weighted by Crippen LogP contribution is -2.44. The van der Waals surface area contributed by atoms with Gasteiger partial charge in [0.25, 0.3) is 0 Å². The Hall–Kier alpha value is -2.78. The molecule has 3 N–H and O–H groups in total. The molecule has 150 valence electrons. The highest BCUT2D eigenvalue weighted by molar-refractivity contribution is 7.89. The number of anilines is 1. The Kier molecular flexibility index (Phi) is 6.87. The Balaban J connectivity index is 1.97. The summed E-state index contributed by atoms with van der Waals surface area (Å²) in [5.74, 6) is -1.11. The second-order valence-electron chi connectivity index (χ2n) is 6.35. The van der Waals surface area contributed by atoms with Gasteiger partial charge in [-0.15, -0.1) is 0 Å². The third-order valence-corrected chi connectivity index (χ3v) is 5.46. The number of hydrogen-bond acceptors (Lipinski definition) is 4. The molecule has 9 heteroatoms. The van der Waals surface area contributed by atoms with E-state index in [0.717, 1.165) is 0 Å². The summed E-state index contributed by atoms with van der Waals surface area (Å²) in [6.07, 6.45) is 0. The second kappa shape index (κ2) is 8.94. The van der Waals surface area contributed by atoms with Crippen molar-refractivity contribution >= 4 is 27.5 Å². The van der Waals surface area contributed by atoms with Crippen LogP contribution in [0.3, 0.4) is 0 Å². The predicted molar refractivity (Wildman–Crippen MR) is 104 cm³/mol. The highest BCUT2D eigenvalue weighted by Gasteiger charge is 2.22. The van der Waals surface area contributed by atoms with Gasteiger partial charge < -0.3 is 10.6 Å². The summed E-state index contributed by atoms with van der Waals surface area (Å²) in [5.41, 5.74) is 1.63. The van der Waals surface area contributed by atoms with Crippen LogP contribution in [0, 0.1) is 12.7 Å². The number of benzene rings is 2. The van der Waals surface area contributed by atoms with Gasteiger partial charge in [-0.1, -0.05) is 12.1 Å². The molecule has 2 aromatic rings. The molecule has 0 spiro atoms. The first-order valence-corrected chi connectivity index (χ1v) is 9.99. The topological polar surface area (TPSA) is 104 Å². The van der Waals surface area contributed by atoms with E-state index in [1.807, 2.05) is 0 Å². The maximum absolute atomic E-state index is 13.3. The monoisotopic (exact) mass is 407 g/mol. The average molecular weight is 407 g/mol. The fourth-order valence-electron chi connectivity index (χ4n) is 2.43. The molecule has 2 rings (SSSR count). The highest BCUT2D eigenvalue weighted by Crippen LogP contribution is 2.14. The van der Waals surface area contributed by atoms with Crippen molar-refractivity contribution in [3.63, 3.8) is 0 Å². The first-order valence-electron chi connectivity index (χ1n) is 8.51. The Morgan fingerprint density at radius 3 is 2.32 bits per heavy atom. The van der Waals surface area contributed by atoms with Gasteiger partial charge in [0.2, 0.25) is 21.8 Å². The van der Waals surface area contributed by atoms with E-state index in [0.29, 0.717) is 16.8 Å². The van der Waals surface area contributed by atoms with Gasteiger partial charge in [0.15, 0.2) is 0 Å². The molecule has 0 bridgehead atoms. The average Bonchev–Trinajstić information content (AvgIpc) is 2.62. The van der Waals surface area contributed by atoms with Crippen molar-refractivity contribution in [3.8, 4) is 0 Å². The number of sulfonamides is 1. The minimum atomic E-state index is -3.92. The number of carbonyl (C=O) groups is 2. The first kappa shape index (κ1) is 21.5. The van der Waals surface area contributed by atoms with Crippen LogP contribution in [0.2, 0.25) is 0 Å². The molecular weight excluding hydrogens is 385 g/mol. The van der Waals surface area contributed by atoms with Crippen LogP contribution in [0.5, 0.6) is 0 Å². The van der Waals surface area contributed by atoms with Crippen LogP contribution in [0.1, 0.15) is 25.0 Å². The summed E-state index contributed by atoms with van der Waals surface area (Å²) in [5, 5.41) is 5.15. The van der Waals surface area contributed by atoms with Crippen LogP contribution in [-0.2, 0) is 26.2 Å². The second-order valence-corrected chi connectivity index (χ2v) is 8.06. The lowest BCUT2D eigenvalue weighted by molar-refractivity contribution is -0.122. The van der Waals surface area contributed by atoms with Gasteiger partial charge in [-0.2, -0.15) is 4.72 Å². The summed E-state index contributed by atoms with van der Waals surface area (Å²) in [6, 6.07) is 9.04. The summed E-state index contributed by atoms with van der Waals surface area (Å²) >= 11 is 0. The van der Waals surface area contributed by atoms with E-state index in [2.05, 4.69) is 15.4 Å². The Morgan fingerprint density at radius 2 is 1.75 bits per heavy atom. The van der Waals surface area contributed by atoms with Crippen molar-refractivity contribution in [1.82, 2.24) is 10.0 Å². The number of rotatable bonds is 7. The minimum Gasteiger partial charge on any atom is -0.351 e. The molecule has 7 nitrogen and oxygen atoms in total. The van der Waals surface area contributed by atoms with Gasteiger partial charge in [-0.05, 0) is 55.3 Å². The van der Waals surface area contributed by atoms with Gasteiger partial charge in [0.1, 0.15) is 5.82 Å². The molecule has 2 aromatic carbocycles. The van der Waals surface area contributed by atoms with Crippen LogP contribution in [0.25, 0.3) is 0 Å². The van der Waals surface area contributed by atoms with E-state index in [4.69, 9.17) is 0 Å². The number of carbonyl (C=O) groups excluding carboxylic acids is 2. The van der Waals surface area contributed by atoms with Gasteiger partial charge >= 0.3 is 0 Å². The normalized spacial score (nSPS) is 12.3. The van der Waals surface area contributed by atoms with Crippen molar-refractivity contribution in [2.75, 3.05) is 5.32 Å². The molecule has 2 amide bonds.